The lowest BCUT2D eigenvalue weighted by atomic mass is 9.81. The predicted octanol–water partition coefficient (Wildman–Crippen LogP) is 1.93. The van der Waals surface area contributed by atoms with Crippen LogP contribution < -0.4 is 0 Å². The van der Waals surface area contributed by atoms with E-state index in [1.165, 1.54) is 12.6 Å². The van der Waals surface area contributed by atoms with Crippen molar-refractivity contribution in [2.24, 2.45) is 10.9 Å². The minimum absolute atomic E-state index is 0.0160. The highest BCUT2D eigenvalue weighted by Gasteiger charge is 2.32. The summed E-state index contributed by atoms with van der Waals surface area (Å²) in [6.07, 6.45) is 5.08. The zero-order valence-corrected chi connectivity index (χ0v) is 9.94. The predicted molar refractivity (Wildman–Crippen MR) is 60.4 cm³/mol. The first-order chi connectivity index (χ1) is 7.69. The number of carbonyl (C=O) groups is 1. The molecule has 0 aromatic heterocycles. The molecule has 0 aromatic carbocycles. The molecular weight excluding hydrogens is 206 g/mol. The molecule has 1 fully saturated rings. The van der Waals surface area contributed by atoms with Crippen molar-refractivity contribution in [1.82, 2.24) is 0 Å². The summed E-state index contributed by atoms with van der Waals surface area (Å²) in [7, 11) is 1.70. The summed E-state index contributed by atoms with van der Waals surface area (Å²) in [6, 6.07) is 0. The van der Waals surface area contributed by atoms with Crippen molar-refractivity contribution in [2.75, 3.05) is 7.11 Å². The Hall–Kier alpha value is -0.900. The number of hydrogen-bond acceptors (Lipinski definition) is 4. The number of fused-ring (bicyclic) bond motifs is 1. The number of rotatable bonds is 2. The van der Waals surface area contributed by atoms with Crippen molar-refractivity contribution >= 4 is 11.7 Å². The van der Waals surface area contributed by atoms with E-state index in [1.54, 1.807) is 7.11 Å². The molecule has 16 heavy (non-hydrogen) atoms. The normalized spacial score (nSPS) is 33.9. The van der Waals surface area contributed by atoms with Crippen molar-refractivity contribution < 1.29 is 14.3 Å². The first-order valence-electron chi connectivity index (χ1n) is 5.95. The third-order valence-corrected chi connectivity index (χ3v) is 3.42. The van der Waals surface area contributed by atoms with Crippen molar-refractivity contribution in [1.29, 1.82) is 0 Å². The summed E-state index contributed by atoms with van der Waals surface area (Å²) in [5.74, 6) is 0.404. The minimum atomic E-state index is -0.192. The maximum absolute atomic E-state index is 10.9. The molecule has 0 saturated heterocycles. The van der Waals surface area contributed by atoms with Gasteiger partial charge in [0.2, 0.25) is 0 Å². The van der Waals surface area contributed by atoms with Crippen molar-refractivity contribution in [2.45, 2.75) is 51.4 Å². The smallest absolute Gasteiger partial charge is 0.302 e. The zero-order valence-electron chi connectivity index (χ0n) is 9.94. The average Bonchev–Trinajstić information content (AvgIpc) is 2.27. The number of nitrogens with zero attached hydrogens (tertiary/aromatic N) is 1. The monoisotopic (exact) mass is 225 g/mol. The van der Waals surface area contributed by atoms with Gasteiger partial charge in [0.05, 0.1) is 0 Å². The van der Waals surface area contributed by atoms with E-state index in [2.05, 4.69) is 4.99 Å². The fraction of sp³-hybridized carbons (Fsp3) is 0.833. The molecule has 0 bridgehead atoms. The SMILES string of the molecule is COC1CCC2CCC(OC(C)=O)CC2=N1. The number of hydrogen-bond donors (Lipinski definition) is 0. The third kappa shape index (κ3) is 2.61. The highest BCUT2D eigenvalue weighted by atomic mass is 16.5. The van der Waals surface area contributed by atoms with Crippen LogP contribution in [0.3, 0.4) is 0 Å². The molecule has 0 radical (unpaired) electrons. The summed E-state index contributed by atoms with van der Waals surface area (Å²) >= 11 is 0. The second-order valence-corrected chi connectivity index (χ2v) is 4.60. The van der Waals surface area contributed by atoms with E-state index in [1.807, 2.05) is 0 Å². The molecule has 90 valence electrons. The third-order valence-electron chi connectivity index (χ3n) is 3.42. The second-order valence-electron chi connectivity index (χ2n) is 4.60. The number of ether oxygens (including phenoxy) is 2. The zero-order chi connectivity index (χ0) is 11.5. The van der Waals surface area contributed by atoms with Gasteiger partial charge in [0.15, 0.2) is 0 Å². The lowest BCUT2D eigenvalue weighted by Gasteiger charge is -2.34. The van der Waals surface area contributed by atoms with Crippen LogP contribution in [0.1, 0.15) is 39.0 Å². The van der Waals surface area contributed by atoms with Crippen LogP contribution in [-0.2, 0) is 14.3 Å². The fourth-order valence-corrected chi connectivity index (χ4v) is 2.62. The first-order valence-corrected chi connectivity index (χ1v) is 5.95. The lowest BCUT2D eigenvalue weighted by Crippen LogP contribution is -2.35. The molecule has 1 saturated carbocycles. The Morgan fingerprint density at radius 2 is 2.06 bits per heavy atom. The van der Waals surface area contributed by atoms with E-state index >= 15 is 0 Å². The Labute approximate surface area is 96.0 Å². The highest BCUT2D eigenvalue weighted by molar-refractivity contribution is 5.88. The second kappa shape index (κ2) is 4.95. The minimum Gasteiger partial charge on any atom is -0.462 e. The topological polar surface area (TPSA) is 47.9 Å². The summed E-state index contributed by atoms with van der Waals surface area (Å²) < 4.78 is 10.5. The van der Waals surface area contributed by atoms with Crippen LogP contribution in [0.4, 0.5) is 0 Å². The molecule has 3 atom stereocenters. The van der Waals surface area contributed by atoms with E-state index in [4.69, 9.17) is 9.47 Å². The van der Waals surface area contributed by atoms with E-state index in [-0.39, 0.29) is 18.3 Å². The van der Waals surface area contributed by atoms with E-state index in [0.29, 0.717) is 5.92 Å². The van der Waals surface area contributed by atoms with Crippen LogP contribution in [0.25, 0.3) is 0 Å². The van der Waals surface area contributed by atoms with Gasteiger partial charge in [-0.15, -0.1) is 0 Å². The van der Waals surface area contributed by atoms with Gasteiger partial charge < -0.3 is 9.47 Å². The van der Waals surface area contributed by atoms with Crippen molar-refractivity contribution in [3.05, 3.63) is 0 Å². The van der Waals surface area contributed by atoms with Gasteiger partial charge in [-0.1, -0.05) is 0 Å². The Kier molecular flexibility index (Phi) is 3.59. The quantitative estimate of drug-likeness (QED) is 0.675. The summed E-state index contributed by atoms with van der Waals surface area (Å²) in [6.45, 7) is 1.47. The standard InChI is InChI=1S/C12H19NO3/c1-8(14)16-10-5-3-9-4-6-12(15-2)13-11(9)7-10/h9-10,12H,3-7H2,1-2H3. The summed E-state index contributed by atoms with van der Waals surface area (Å²) in [5, 5.41) is 0. The van der Waals surface area contributed by atoms with Crippen LogP contribution in [0.5, 0.6) is 0 Å². The molecule has 0 spiro atoms. The summed E-state index contributed by atoms with van der Waals surface area (Å²) in [5.41, 5.74) is 1.19. The van der Waals surface area contributed by atoms with Gasteiger partial charge >= 0.3 is 5.97 Å². The van der Waals surface area contributed by atoms with Crippen LogP contribution >= 0.6 is 0 Å². The molecule has 0 aromatic rings. The highest BCUT2D eigenvalue weighted by Crippen LogP contribution is 2.32. The Morgan fingerprint density at radius 1 is 1.31 bits per heavy atom. The number of carbonyl (C=O) groups excluding carboxylic acids is 1. The molecular formula is C12H19NO3. The fourth-order valence-electron chi connectivity index (χ4n) is 2.62. The van der Waals surface area contributed by atoms with Gasteiger partial charge in [-0.2, -0.15) is 0 Å². The largest absolute Gasteiger partial charge is 0.462 e. The average molecular weight is 225 g/mol. The summed E-state index contributed by atoms with van der Waals surface area (Å²) in [4.78, 5) is 15.5. The Balaban J connectivity index is 1.99. The molecule has 1 heterocycles. The van der Waals surface area contributed by atoms with Gasteiger partial charge in [-0.3, -0.25) is 9.79 Å². The van der Waals surface area contributed by atoms with Gasteiger partial charge in [0.25, 0.3) is 0 Å². The molecule has 2 aliphatic rings. The number of aliphatic imine (C=N–C) groups is 1. The van der Waals surface area contributed by atoms with Crippen molar-refractivity contribution in [3.8, 4) is 0 Å². The van der Waals surface area contributed by atoms with E-state index in [9.17, 15) is 4.79 Å². The molecule has 0 amide bonds. The number of esters is 1. The molecule has 4 heteroatoms. The Bertz CT molecular complexity index is 301. The molecule has 1 aliphatic heterocycles. The maximum Gasteiger partial charge on any atom is 0.302 e. The molecule has 2 rings (SSSR count). The molecule has 0 N–H and O–H groups in total. The maximum atomic E-state index is 10.9. The van der Waals surface area contributed by atoms with E-state index in [0.717, 1.165) is 32.1 Å². The van der Waals surface area contributed by atoms with Gasteiger partial charge in [0.1, 0.15) is 12.3 Å². The Morgan fingerprint density at radius 3 is 2.75 bits per heavy atom. The van der Waals surface area contributed by atoms with Crippen LogP contribution in [0.15, 0.2) is 4.99 Å². The first kappa shape index (κ1) is 11.6. The molecule has 1 aliphatic carbocycles. The van der Waals surface area contributed by atoms with E-state index < -0.39 is 0 Å². The van der Waals surface area contributed by atoms with Crippen LogP contribution in [-0.4, -0.2) is 31.1 Å². The van der Waals surface area contributed by atoms with Crippen LogP contribution in [0.2, 0.25) is 0 Å². The van der Waals surface area contributed by atoms with Gasteiger partial charge in [-0.25, -0.2) is 0 Å². The van der Waals surface area contributed by atoms with Gasteiger partial charge in [0, 0.05) is 26.2 Å². The number of methoxy groups -OCH3 is 1. The molecule has 3 unspecified atom stereocenters. The van der Waals surface area contributed by atoms with Crippen molar-refractivity contribution in [3.63, 3.8) is 0 Å². The van der Waals surface area contributed by atoms with Crippen LogP contribution in [0, 0.1) is 5.92 Å². The lowest BCUT2D eigenvalue weighted by molar-refractivity contribution is -0.146. The van der Waals surface area contributed by atoms with Gasteiger partial charge in [-0.05, 0) is 31.6 Å². The molecule has 4 nitrogen and oxygen atoms in total.